The third-order valence-corrected chi connectivity index (χ3v) is 4.37. The zero-order chi connectivity index (χ0) is 15.1. The Morgan fingerprint density at radius 2 is 2.14 bits per heavy atom. The van der Waals surface area contributed by atoms with Crippen molar-refractivity contribution in [3.8, 4) is 11.5 Å². The highest BCUT2D eigenvalue weighted by Gasteiger charge is 2.16. The molecule has 1 aliphatic heterocycles. The van der Waals surface area contributed by atoms with E-state index in [-0.39, 0.29) is 18.3 Å². The molecule has 0 aromatic heterocycles. The second kappa shape index (κ2) is 9.82. The zero-order valence-electron chi connectivity index (χ0n) is 12.9. The normalized spacial score (nSPS) is 16.7. The summed E-state index contributed by atoms with van der Waals surface area (Å²) in [5.74, 6) is 2.30. The Labute approximate surface area is 141 Å². The number of halogens is 1. The van der Waals surface area contributed by atoms with Crippen LogP contribution in [0.1, 0.15) is 12.8 Å². The lowest BCUT2D eigenvalue weighted by Crippen LogP contribution is -2.36. The van der Waals surface area contributed by atoms with Crippen molar-refractivity contribution in [2.75, 3.05) is 33.1 Å². The molecule has 1 fully saturated rings. The lowest BCUT2D eigenvalue weighted by atomic mass is 10.2. The number of nitrogens with one attached hydrogen (secondary N) is 2. The monoisotopic (exact) mass is 346 g/mol. The lowest BCUT2D eigenvalue weighted by molar-refractivity contribution is -0.121. The van der Waals surface area contributed by atoms with E-state index in [1.54, 1.807) is 26.0 Å². The largest absolute Gasteiger partial charge is 0.493 e. The molecule has 1 aromatic carbocycles. The van der Waals surface area contributed by atoms with Crippen LogP contribution in [0.4, 0.5) is 0 Å². The molecular weight excluding hydrogens is 324 g/mol. The number of benzene rings is 1. The molecule has 22 heavy (non-hydrogen) atoms. The van der Waals surface area contributed by atoms with Crippen LogP contribution >= 0.6 is 24.2 Å². The minimum Gasteiger partial charge on any atom is -0.493 e. The van der Waals surface area contributed by atoms with Gasteiger partial charge in [-0.15, -0.1) is 24.2 Å². The maximum absolute atomic E-state index is 11.8. The van der Waals surface area contributed by atoms with Crippen LogP contribution in [0.5, 0.6) is 11.5 Å². The summed E-state index contributed by atoms with van der Waals surface area (Å²) in [6.45, 7) is 1.87. The highest BCUT2D eigenvalue weighted by molar-refractivity contribution is 7.99. The van der Waals surface area contributed by atoms with Crippen molar-refractivity contribution >= 4 is 30.1 Å². The summed E-state index contributed by atoms with van der Waals surface area (Å²) in [5.41, 5.74) is 0. The van der Waals surface area contributed by atoms with Crippen LogP contribution in [0.3, 0.4) is 0 Å². The van der Waals surface area contributed by atoms with E-state index >= 15 is 0 Å². The summed E-state index contributed by atoms with van der Waals surface area (Å²) >= 11 is 1.64. The molecule has 1 saturated heterocycles. The van der Waals surface area contributed by atoms with Gasteiger partial charge in [-0.2, -0.15) is 0 Å². The first-order valence-corrected chi connectivity index (χ1v) is 8.06. The molecule has 0 bridgehead atoms. The van der Waals surface area contributed by atoms with Crippen LogP contribution in [-0.4, -0.2) is 45.0 Å². The predicted octanol–water partition coefficient (Wildman–Crippen LogP) is 2.09. The van der Waals surface area contributed by atoms with Gasteiger partial charge in [0.15, 0.2) is 11.5 Å². The Bertz CT molecular complexity index is 482. The number of methoxy groups -OCH3 is 2. The number of ether oxygens (including phenoxy) is 2. The fourth-order valence-corrected chi connectivity index (χ4v) is 3.12. The van der Waals surface area contributed by atoms with Crippen molar-refractivity contribution in [2.24, 2.45) is 0 Å². The number of carbonyl (C=O) groups is 1. The molecular formula is C15H23ClN2O3S. The van der Waals surface area contributed by atoms with Crippen LogP contribution < -0.4 is 20.1 Å². The molecule has 124 valence electrons. The van der Waals surface area contributed by atoms with E-state index in [9.17, 15) is 4.79 Å². The zero-order valence-corrected chi connectivity index (χ0v) is 14.5. The van der Waals surface area contributed by atoms with Crippen molar-refractivity contribution in [2.45, 2.75) is 23.8 Å². The van der Waals surface area contributed by atoms with Gasteiger partial charge in [-0.3, -0.25) is 4.79 Å². The lowest BCUT2D eigenvalue weighted by Gasteiger charge is -2.11. The second-order valence-electron chi connectivity index (χ2n) is 4.87. The van der Waals surface area contributed by atoms with E-state index in [1.165, 1.54) is 0 Å². The molecule has 1 aliphatic rings. The van der Waals surface area contributed by atoms with E-state index in [4.69, 9.17) is 9.47 Å². The van der Waals surface area contributed by atoms with Crippen LogP contribution in [0.25, 0.3) is 0 Å². The maximum atomic E-state index is 11.8. The molecule has 5 nitrogen and oxygen atoms in total. The predicted molar refractivity (Wildman–Crippen MR) is 91.6 cm³/mol. The molecule has 1 atom stereocenters. The van der Waals surface area contributed by atoms with Crippen LogP contribution in [0.2, 0.25) is 0 Å². The van der Waals surface area contributed by atoms with Crippen molar-refractivity contribution < 1.29 is 14.3 Å². The number of amides is 1. The van der Waals surface area contributed by atoms with Crippen LogP contribution in [0.15, 0.2) is 23.1 Å². The van der Waals surface area contributed by atoms with Gasteiger partial charge in [0.05, 0.1) is 14.2 Å². The Morgan fingerprint density at radius 3 is 2.77 bits per heavy atom. The Hall–Kier alpha value is -1.11. The first kappa shape index (κ1) is 18.9. The van der Waals surface area contributed by atoms with E-state index in [2.05, 4.69) is 10.6 Å². The maximum Gasteiger partial charge on any atom is 0.221 e. The van der Waals surface area contributed by atoms with Gasteiger partial charge in [-0.25, -0.2) is 0 Å². The summed E-state index contributed by atoms with van der Waals surface area (Å²) in [7, 11) is 3.24. The molecule has 0 saturated carbocycles. The Balaban J connectivity index is 0.00000242. The van der Waals surface area contributed by atoms with Crippen LogP contribution in [0, 0.1) is 0 Å². The Kier molecular flexibility index (Phi) is 8.45. The highest BCUT2D eigenvalue weighted by atomic mass is 35.5. The molecule has 7 heteroatoms. The summed E-state index contributed by atoms with van der Waals surface area (Å²) < 4.78 is 10.5. The van der Waals surface area contributed by atoms with Crippen molar-refractivity contribution in [3.05, 3.63) is 18.2 Å². The van der Waals surface area contributed by atoms with E-state index < -0.39 is 0 Å². The smallest absolute Gasteiger partial charge is 0.221 e. The van der Waals surface area contributed by atoms with Crippen LogP contribution in [-0.2, 0) is 4.79 Å². The molecule has 2 N–H and O–H groups in total. The number of carbonyl (C=O) groups excluding carboxylic acids is 1. The van der Waals surface area contributed by atoms with Gasteiger partial charge in [-0.1, -0.05) is 0 Å². The minimum atomic E-state index is 0. The first-order valence-electron chi connectivity index (χ1n) is 7.08. The van der Waals surface area contributed by atoms with E-state index in [1.807, 2.05) is 18.2 Å². The fourth-order valence-electron chi connectivity index (χ4n) is 2.25. The second-order valence-corrected chi connectivity index (χ2v) is 6.04. The van der Waals surface area contributed by atoms with Gasteiger partial charge in [0.25, 0.3) is 0 Å². The van der Waals surface area contributed by atoms with Gasteiger partial charge in [0, 0.05) is 29.7 Å². The van der Waals surface area contributed by atoms with Crippen molar-refractivity contribution in [3.63, 3.8) is 0 Å². The van der Waals surface area contributed by atoms with Crippen molar-refractivity contribution in [1.29, 1.82) is 0 Å². The summed E-state index contributed by atoms with van der Waals surface area (Å²) in [5, 5.41) is 6.28. The van der Waals surface area contributed by atoms with Gasteiger partial charge in [0.1, 0.15) is 0 Å². The highest BCUT2D eigenvalue weighted by Crippen LogP contribution is 2.31. The number of hydrogen-bond donors (Lipinski definition) is 2. The molecule has 0 spiro atoms. The van der Waals surface area contributed by atoms with Gasteiger partial charge in [-0.05, 0) is 31.2 Å². The molecule has 1 aromatic rings. The van der Waals surface area contributed by atoms with Gasteiger partial charge >= 0.3 is 0 Å². The molecule has 2 rings (SSSR count). The van der Waals surface area contributed by atoms with Gasteiger partial charge in [0.2, 0.25) is 5.91 Å². The standard InChI is InChI=1S/C15H22N2O3S.ClH/c1-19-13-4-3-12(9-14(13)20-2)21-8-6-15(18)17-11-5-7-16-10-11;/h3-4,9,11,16H,5-8,10H2,1-2H3,(H,17,18);1H. The molecule has 1 unspecified atom stereocenters. The molecule has 0 radical (unpaired) electrons. The van der Waals surface area contributed by atoms with E-state index in [0.29, 0.717) is 24.0 Å². The third kappa shape index (κ3) is 5.59. The Morgan fingerprint density at radius 1 is 1.36 bits per heavy atom. The third-order valence-electron chi connectivity index (χ3n) is 3.38. The quantitative estimate of drug-likeness (QED) is 0.740. The molecule has 1 heterocycles. The first-order chi connectivity index (χ1) is 10.2. The topological polar surface area (TPSA) is 59.6 Å². The molecule has 0 aliphatic carbocycles. The average molecular weight is 347 g/mol. The fraction of sp³-hybridized carbons (Fsp3) is 0.533. The average Bonchev–Trinajstić information content (AvgIpc) is 2.99. The summed E-state index contributed by atoms with van der Waals surface area (Å²) in [6.07, 6.45) is 1.55. The number of thioether (sulfide) groups is 1. The van der Waals surface area contributed by atoms with E-state index in [0.717, 1.165) is 30.2 Å². The minimum absolute atomic E-state index is 0. The molecule has 1 amide bonds. The number of rotatable bonds is 7. The summed E-state index contributed by atoms with van der Waals surface area (Å²) in [6, 6.07) is 6.09. The van der Waals surface area contributed by atoms with Gasteiger partial charge < -0.3 is 20.1 Å². The number of hydrogen-bond acceptors (Lipinski definition) is 5. The SMILES string of the molecule is COc1ccc(SCCC(=O)NC2CCNC2)cc1OC.Cl. The van der Waals surface area contributed by atoms with Crippen molar-refractivity contribution in [1.82, 2.24) is 10.6 Å². The summed E-state index contributed by atoms with van der Waals surface area (Å²) in [4.78, 5) is 12.9.